The largest absolute Gasteiger partial charge is 0.391 e. The van der Waals surface area contributed by atoms with E-state index in [4.69, 9.17) is 4.98 Å². The van der Waals surface area contributed by atoms with Gasteiger partial charge in [-0.15, -0.1) is 0 Å². The minimum atomic E-state index is -0.139. The standard InChI is InChI=1S/C18H29N5O/c24-16-6-2-1-5-15(16)21-11-13-23(14-12-21)18-19-8-7-17(20-18)22-9-3-4-10-22/h7-8,15-16,24H,1-6,9-14H2. The van der Waals surface area contributed by atoms with Crippen molar-refractivity contribution >= 4 is 11.8 Å². The molecule has 3 fully saturated rings. The first-order chi connectivity index (χ1) is 11.8. The van der Waals surface area contributed by atoms with E-state index < -0.39 is 0 Å². The van der Waals surface area contributed by atoms with E-state index in [-0.39, 0.29) is 6.10 Å². The molecular formula is C18H29N5O. The van der Waals surface area contributed by atoms with Gasteiger partial charge in [-0.2, -0.15) is 4.98 Å². The highest BCUT2D eigenvalue weighted by molar-refractivity contribution is 5.44. The van der Waals surface area contributed by atoms with E-state index in [1.54, 1.807) is 0 Å². The number of aromatic nitrogens is 2. The summed E-state index contributed by atoms with van der Waals surface area (Å²) in [7, 11) is 0. The first kappa shape index (κ1) is 16.1. The average molecular weight is 331 g/mol. The van der Waals surface area contributed by atoms with Gasteiger partial charge in [0.2, 0.25) is 5.95 Å². The van der Waals surface area contributed by atoms with Gasteiger partial charge in [-0.1, -0.05) is 12.8 Å². The number of aliphatic hydroxyl groups excluding tert-OH is 1. The zero-order valence-electron chi connectivity index (χ0n) is 14.5. The zero-order chi connectivity index (χ0) is 16.4. The van der Waals surface area contributed by atoms with Crippen molar-refractivity contribution in [2.75, 3.05) is 49.1 Å². The molecule has 0 bridgehead atoms. The third-order valence-electron chi connectivity index (χ3n) is 5.82. The molecule has 0 amide bonds. The predicted octanol–water partition coefficient (Wildman–Crippen LogP) is 1.50. The van der Waals surface area contributed by atoms with Gasteiger partial charge < -0.3 is 14.9 Å². The molecule has 1 aromatic heterocycles. The molecule has 0 spiro atoms. The maximum absolute atomic E-state index is 10.3. The number of aliphatic hydroxyl groups is 1. The van der Waals surface area contributed by atoms with Crippen LogP contribution >= 0.6 is 0 Å². The lowest BCUT2D eigenvalue weighted by atomic mass is 9.91. The Morgan fingerprint density at radius 2 is 1.62 bits per heavy atom. The SMILES string of the molecule is OC1CCCCC1N1CCN(c2nccc(N3CCCC3)n2)CC1. The fourth-order valence-corrected chi connectivity index (χ4v) is 4.39. The van der Waals surface area contributed by atoms with Crippen molar-refractivity contribution in [3.63, 3.8) is 0 Å². The molecule has 2 atom stereocenters. The molecule has 0 radical (unpaired) electrons. The molecule has 2 saturated heterocycles. The minimum absolute atomic E-state index is 0.139. The van der Waals surface area contributed by atoms with Gasteiger partial charge in [-0.3, -0.25) is 4.90 Å². The van der Waals surface area contributed by atoms with E-state index in [1.807, 2.05) is 12.3 Å². The maximum atomic E-state index is 10.3. The molecule has 1 saturated carbocycles. The van der Waals surface area contributed by atoms with Crippen molar-refractivity contribution in [1.82, 2.24) is 14.9 Å². The van der Waals surface area contributed by atoms with Crippen molar-refractivity contribution in [3.8, 4) is 0 Å². The van der Waals surface area contributed by atoms with Crippen molar-refractivity contribution in [1.29, 1.82) is 0 Å². The third kappa shape index (κ3) is 3.35. The van der Waals surface area contributed by atoms with Gasteiger partial charge in [0.25, 0.3) is 0 Å². The summed E-state index contributed by atoms with van der Waals surface area (Å²) >= 11 is 0. The number of nitrogens with zero attached hydrogens (tertiary/aromatic N) is 5. The van der Waals surface area contributed by atoms with Crippen LogP contribution in [0.1, 0.15) is 38.5 Å². The van der Waals surface area contributed by atoms with E-state index in [0.29, 0.717) is 6.04 Å². The molecule has 3 heterocycles. The summed E-state index contributed by atoms with van der Waals surface area (Å²) in [4.78, 5) is 16.4. The van der Waals surface area contributed by atoms with Crippen LogP contribution in [-0.2, 0) is 0 Å². The van der Waals surface area contributed by atoms with Gasteiger partial charge in [0.05, 0.1) is 6.10 Å². The summed E-state index contributed by atoms with van der Waals surface area (Å²) in [6, 6.07) is 2.39. The fourth-order valence-electron chi connectivity index (χ4n) is 4.39. The van der Waals surface area contributed by atoms with E-state index in [2.05, 4.69) is 19.7 Å². The second-order valence-electron chi connectivity index (χ2n) is 7.35. The highest BCUT2D eigenvalue weighted by Crippen LogP contribution is 2.25. The van der Waals surface area contributed by atoms with Gasteiger partial charge in [0.15, 0.2) is 0 Å². The second kappa shape index (κ2) is 7.23. The lowest BCUT2D eigenvalue weighted by Crippen LogP contribution is -2.54. The van der Waals surface area contributed by atoms with Crippen LogP contribution in [0.15, 0.2) is 12.3 Å². The van der Waals surface area contributed by atoms with Crippen LogP contribution in [0.25, 0.3) is 0 Å². The lowest BCUT2D eigenvalue weighted by molar-refractivity contribution is 0.0172. The van der Waals surface area contributed by atoms with Crippen molar-refractivity contribution in [2.24, 2.45) is 0 Å². The zero-order valence-corrected chi connectivity index (χ0v) is 14.5. The Hall–Kier alpha value is -1.40. The van der Waals surface area contributed by atoms with Crippen LogP contribution in [0, 0.1) is 0 Å². The fraction of sp³-hybridized carbons (Fsp3) is 0.778. The normalized spacial score (nSPS) is 29.2. The van der Waals surface area contributed by atoms with Crippen molar-refractivity contribution in [2.45, 2.75) is 50.7 Å². The Balaban J connectivity index is 1.38. The van der Waals surface area contributed by atoms with Crippen LogP contribution in [0.4, 0.5) is 11.8 Å². The Labute approximate surface area is 144 Å². The molecule has 3 aliphatic rings. The first-order valence-electron chi connectivity index (χ1n) is 9.56. The van der Waals surface area contributed by atoms with E-state index in [1.165, 1.54) is 25.7 Å². The molecular weight excluding hydrogens is 302 g/mol. The molecule has 1 aromatic rings. The molecule has 4 rings (SSSR count). The molecule has 1 N–H and O–H groups in total. The van der Waals surface area contributed by atoms with Gasteiger partial charge in [0, 0.05) is 51.5 Å². The van der Waals surface area contributed by atoms with Gasteiger partial charge >= 0.3 is 0 Å². The summed E-state index contributed by atoms with van der Waals surface area (Å²) in [5.41, 5.74) is 0. The predicted molar refractivity (Wildman–Crippen MR) is 95.5 cm³/mol. The molecule has 6 heteroatoms. The smallest absolute Gasteiger partial charge is 0.227 e. The molecule has 6 nitrogen and oxygen atoms in total. The summed E-state index contributed by atoms with van der Waals surface area (Å²) in [6.45, 7) is 6.13. The molecule has 1 aliphatic carbocycles. The number of anilines is 2. The van der Waals surface area contributed by atoms with Gasteiger partial charge in [-0.05, 0) is 31.7 Å². The lowest BCUT2D eigenvalue weighted by Gasteiger charge is -2.42. The van der Waals surface area contributed by atoms with Gasteiger partial charge in [-0.25, -0.2) is 4.98 Å². The van der Waals surface area contributed by atoms with Crippen LogP contribution in [-0.4, -0.2) is 71.4 Å². The van der Waals surface area contributed by atoms with Crippen LogP contribution < -0.4 is 9.80 Å². The first-order valence-corrected chi connectivity index (χ1v) is 9.56. The summed E-state index contributed by atoms with van der Waals surface area (Å²) in [5, 5.41) is 10.3. The summed E-state index contributed by atoms with van der Waals surface area (Å²) in [6.07, 6.45) is 8.82. The number of piperazine rings is 1. The second-order valence-corrected chi connectivity index (χ2v) is 7.35. The highest BCUT2D eigenvalue weighted by Gasteiger charge is 2.31. The Morgan fingerprint density at radius 1 is 0.875 bits per heavy atom. The Kier molecular flexibility index (Phi) is 4.85. The molecule has 132 valence electrons. The van der Waals surface area contributed by atoms with E-state index >= 15 is 0 Å². The molecule has 2 aliphatic heterocycles. The Morgan fingerprint density at radius 3 is 2.38 bits per heavy atom. The van der Waals surface area contributed by atoms with E-state index in [9.17, 15) is 5.11 Å². The number of rotatable bonds is 3. The Bertz CT molecular complexity index is 540. The van der Waals surface area contributed by atoms with Crippen LogP contribution in [0.5, 0.6) is 0 Å². The average Bonchev–Trinajstić information content (AvgIpc) is 3.17. The third-order valence-corrected chi connectivity index (χ3v) is 5.82. The topological polar surface area (TPSA) is 55.7 Å². The quantitative estimate of drug-likeness (QED) is 0.906. The molecule has 2 unspecified atom stereocenters. The minimum Gasteiger partial charge on any atom is -0.391 e. The maximum Gasteiger partial charge on any atom is 0.227 e. The van der Waals surface area contributed by atoms with Crippen LogP contribution in [0.3, 0.4) is 0 Å². The number of hydrogen-bond donors (Lipinski definition) is 1. The molecule has 0 aromatic carbocycles. The number of hydrogen-bond acceptors (Lipinski definition) is 6. The van der Waals surface area contributed by atoms with E-state index in [0.717, 1.165) is 63.9 Å². The van der Waals surface area contributed by atoms with Crippen molar-refractivity contribution < 1.29 is 5.11 Å². The summed E-state index contributed by atoms with van der Waals surface area (Å²) < 4.78 is 0. The van der Waals surface area contributed by atoms with Crippen LogP contribution in [0.2, 0.25) is 0 Å². The monoisotopic (exact) mass is 331 g/mol. The van der Waals surface area contributed by atoms with Gasteiger partial charge in [0.1, 0.15) is 5.82 Å². The summed E-state index contributed by atoms with van der Waals surface area (Å²) in [5.74, 6) is 1.94. The molecule has 24 heavy (non-hydrogen) atoms. The van der Waals surface area contributed by atoms with Crippen molar-refractivity contribution in [3.05, 3.63) is 12.3 Å². The highest BCUT2D eigenvalue weighted by atomic mass is 16.3.